The number of carbonyl (C=O) groups is 2. The average Bonchev–Trinajstić information content (AvgIpc) is 3.20. The average molecular weight is 444 g/mol. The van der Waals surface area contributed by atoms with Crippen molar-refractivity contribution in [2.75, 3.05) is 36.5 Å². The number of ether oxygens (including phenoxy) is 1. The number of carbonyl (C=O) groups excluding carboxylic acids is 2. The van der Waals surface area contributed by atoms with Crippen LogP contribution in [-0.2, 0) is 14.8 Å². The molecule has 2 heterocycles. The van der Waals surface area contributed by atoms with E-state index < -0.39 is 22.0 Å². The lowest BCUT2D eigenvalue weighted by atomic mass is 10.1. The molecule has 2 aliphatic heterocycles. The van der Waals surface area contributed by atoms with Crippen molar-refractivity contribution >= 4 is 33.4 Å². The summed E-state index contributed by atoms with van der Waals surface area (Å²) in [5.41, 5.74) is 1.92. The van der Waals surface area contributed by atoms with Gasteiger partial charge in [0, 0.05) is 18.7 Å². The molecule has 2 aliphatic rings. The van der Waals surface area contributed by atoms with Crippen LogP contribution < -0.4 is 10.2 Å². The molecular weight excluding hydrogens is 418 g/mol. The van der Waals surface area contributed by atoms with Crippen molar-refractivity contribution in [1.29, 1.82) is 0 Å². The molecule has 2 fully saturated rings. The number of nitrogens with one attached hydrogen (secondary N) is 1. The van der Waals surface area contributed by atoms with Crippen molar-refractivity contribution < 1.29 is 22.7 Å². The van der Waals surface area contributed by atoms with Crippen LogP contribution in [-0.4, -0.2) is 51.0 Å². The topological polar surface area (TPSA) is 96.0 Å². The lowest BCUT2D eigenvalue weighted by Crippen LogP contribution is -2.35. The quantitative estimate of drug-likeness (QED) is 0.764. The number of anilines is 2. The molecule has 0 atom stereocenters. The predicted molar refractivity (Wildman–Crippen MR) is 117 cm³/mol. The molecule has 0 bridgehead atoms. The molecule has 0 aliphatic carbocycles. The van der Waals surface area contributed by atoms with Gasteiger partial charge >= 0.3 is 6.09 Å². The Balaban J connectivity index is 1.62. The van der Waals surface area contributed by atoms with Crippen LogP contribution in [0.4, 0.5) is 16.2 Å². The molecule has 9 heteroatoms. The summed E-state index contributed by atoms with van der Waals surface area (Å²) in [5.74, 6) is -0.437. The molecular formula is C22H25N3O5S. The minimum atomic E-state index is -3.65. The Bertz CT molecular complexity index is 1110. The molecule has 2 aromatic rings. The number of sulfonamides is 1. The Labute approximate surface area is 181 Å². The van der Waals surface area contributed by atoms with Crippen molar-refractivity contribution in [3.05, 3.63) is 53.6 Å². The van der Waals surface area contributed by atoms with Crippen LogP contribution in [0.15, 0.2) is 47.4 Å². The number of para-hydroxylation sites is 2. The fourth-order valence-corrected chi connectivity index (χ4v) is 5.42. The minimum absolute atomic E-state index is 0.113. The maximum Gasteiger partial charge on any atom is 0.414 e. The van der Waals surface area contributed by atoms with Gasteiger partial charge < -0.3 is 10.1 Å². The van der Waals surface area contributed by atoms with Crippen LogP contribution in [0.1, 0.15) is 35.2 Å². The van der Waals surface area contributed by atoms with E-state index in [4.69, 9.17) is 4.74 Å². The van der Waals surface area contributed by atoms with Crippen molar-refractivity contribution in [2.45, 2.75) is 31.1 Å². The number of nitrogens with zero attached hydrogens (tertiary/aromatic N) is 2. The normalized spacial score (nSPS) is 17.5. The zero-order chi connectivity index (χ0) is 22.0. The van der Waals surface area contributed by atoms with Crippen LogP contribution in [0.5, 0.6) is 0 Å². The third-order valence-electron chi connectivity index (χ3n) is 5.61. The molecule has 31 heavy (non-hydrogen) atoms. The van der Waals surface area contributed by atoms with Crippen molar-refractivity contribution in [3.8, 4) is 0 Å². The summed E-state index contributed by atoms with van der Waals surface area (Å²) < 4.78 is 32.5. The minimum Gasteiger partial charge on any atom is -0.447 e. The lowest BCUT2D eigenvalue weighted by Gasteiger charge is -2.26. The molecule has 164 valence electrons. The van der Waals surface area contributed by atoms with Crippen LogP contribution in [0.3, 0.4) is 0 Å². The molecule has 2 amide bonds. The predicted octanol–water partition coefficient (Wildman–Crippen LogP) is 3.38. The Kier molecular flexibility index (Phi) is 5.97. The first-order valence-electron chi connectivity index (χ1n) is 10.3. The molecule has 2 aromatic carbocycles. The summed E-state index contributed by atoms with van der Waals surface area (Å²) in [6.45, 7) is 3.44. The fourth-order valence-electron chi connectivity index (χ4n) is 3.88. The van der Waals surface area contributed by atoms with Gasteiger partial charge in [0.2, 0.25) is 10.0 Å². The van der Waals surface area contributed by atoms with Gasteiger partial charge in [0.05, 0.1) is 22.8 Å². The van der Waals surface area contributed by atoms with E-state index >= 15 is 0 Å². The molecule has 1 N–H and O–H groups in total. The number of aryl methyl sites for hydroxylation is 1. The molecule has 0 radical (unpaired) electrons. The number of cyclic esters (lactones) is 1. The van der Waals surface area contributed by atoms with E-state index in [1.807, 2.05) is 0 Å². The van der Waals surface area contributed by atoms with Gasteiger partial charge in [0.25, 0.3) is 5.91 Å². The van der Waals surface area contributed by atoms with Gasteiger partial charge in [-0.1, -0.05) is 24.6 Å². The SMILES string of the molecule is Cc1ccc(S(=O)(=O)N2CCCCC2)cc1C(=O)Nc1ccccc1N1CCOC1=O. The first kappa shape index (κ1) is 21.3. The first-order chi connectivity index (χ1) is 14.9. The second kappa shape index (κ2) is 8.68. The molecule has 4 rings (SSSR count). The summed E-state index contributed by atoms with van der Waals surface area (Å²) in [7, 11) is -3.65. The third kappa shape index (κ3) is 4.28. The van der Waals surface area contributed by atoms with E-state index in [2.05, 4.69) is 5.32 Å². The maximum absolute atomic E-state index is 13.1. The number of benzene rings is 2. The Hall–Kier alpha value is -2.91. The summed E-state index contributed by atoms with van der Waals surface area (Å²) in [5, 5.41) is 2.83. The maximum atomic E-state index is 13.1. The zero-order valence-electron chi connectivity index (χ0n) is 17.3. The molecule has 0 saturated carbocycles. The summed E-state index contributed by atoms with van der Waals surface area (Å²) >= 11 is 0. The second-order valence-electron chi connectivity index (χ2n) is 7.68. The number of rotatable bonds is 5. The second-order valence-corrected chi connectivity index (χ2v) is 9.62. The highest BCUT2D eigenvalue weighted by Crippen LogP contribution is 2.29. The van der Waals surface area contributed by atoms with Gasteiger partial charge in [-0.15, -0.1) is 0 Å². The van der Waals surface area contributed by atoms with Gasteiger partial charge in [-0.25, -0.2) is 13.2 Å². The first-order valence-corrected chi connectivity index (χ1v) is 11.8. The number of hydrogen-bond acceptors (Lipinski definition) is 5. The highest BCUT2D eigenvalue weighted by Gasteiger charge is 2.28. The van der Waals surface area contributed by atoms with Crippen LogP contribution in [0.25, 0.3) is 0 Å². The van der Waals surface area contributed by atoms with E-state index in [0.29, 0.717) is 36.6 Å². The fraction of sp³-hybridized carbons (Fsp3) is 0.364. The number of piperidine rings is 1. The Morgan fingerprint density at radius 2 is 1.77 bits per heavy atom. The van der Waals surface area contributed by atoms with Crippen molar-refractivity contribution in [3.63, 3.8) is 0 Å². The number of amides is 2. The van der Waals surface area contributed by atoms with Gasteiger partial charge in [-0.3, -0.25) is 9.69 Å². The molecule has 0 spiro atoms. The van der Waals surface area contributed by atoms with E-state index in [1.54, 1.807) is 43.3 Å². The lowest BCUT2D eigenvalue weighted by molar-refractivity contribution is 0.102. The van der Waals surface area contributed by atoms with Gasteiger partial charge in [-0.05, 0) is 49.6 Å². The number of hydrogen-bond donors (Lipinski definition) is 1. The third-order valence-corrected chi connectivity index (χ3v) is 7.50. The molecule has 2 saturated heterocycles. The van der Waals surface area contributed by atoms with Crippen LogP contribution >= 0.6 is 0 Å². The van der Waals surface area contributed by atoms with Gasteiger partial charge in [-0.2, -0.15) is 4.31 Å². The van der Waals surface area contributed by atoms with Gasteiger partial charge in [0.1, 0.15) is 6.61 Å². The molecule has 0 unspecified atom stereocenters. The van der Waals surface area contributed by atoms with E-state index in [9.17, 15) is 18.0 Å². The van der Waals surface area contributed by atoms with E-state index in [-0.39, 0.29) is 17.1 Å². The molecule has 8 nitrogen and oxygen atoms in total. The van der Waals surface area contributed by atoms with Crippen molar-refractivity contribution in [2.24, 2.45) is 0 Å². The summed E-state index contributed by atoms with van der Waals surface area (Å²) in [4.78, 5) is 26.6. The smallest absolute Gasteiger partial charge is 0.414 e. The van der Waals surface area contributed by atoms with E-state index in [0.717, 1.165) is 19.3 Å². The Morgan fingerprint density at radius 3 is 2.48 bits per heavy atom. The van der Waals surface area contributed by atoms with Crippen molar-refractivity contribution in [1.82, 2.24) is 4.31 Å². The summed E-state index contributed by atoms with van der Waals surface area (Å²) in [6, 6.07) is 11.6. The van der Waals surface area contributed by atoms with Gasteiger partial charge in [0.15, 0.2) is 0 Å². The molecule has 0 aromatic heterocycles. The highest BCUT2D eigenvalue weighted by atomic mass is 32.2. The monoisotopic (exact) mass is 443 g/mol. The highest BCUT2D eigenvalue weighted by molar-refractivity contribution is 7.89. The van der Waals surface area contributed by atoms with E-state index in [1.165, 1.54) is 15.3 Å². The van der Waals surface area contributed by atoms with Crippen LogP contribution in [0, 0.1) is 6.92 Å². The largest absolute Gasteiger partial charge is 0.447 e. The van der Waals surface area contributed by atoms with Crippen LogP contribution in [0.2, 0.25) is 0 Å². The standard InChI is InChI=1S/C22H25N3O5S/c1-16-9-10-17(31(28,29)24-11-5-2-6-12-24)15-18(16)21(26)23-19-7-3-4-8-20(19)25-13-14-30-22(25)27/h3-4,7-10,15H,2,5-6,11-14H2,1H3,(H,23,26). The Morgan fingerprint density at radius 1 is 1.03 bits per heavy atom. The summed E-state index contributed by atoms with van der Waals surface area (Å²) in [6.07, 6.45) is 2.24. The zero-order valence-corrected chi connectivity index (χ0v) is 18.2.